The summed E-state index contributed by atoms with van der Waals surface area (Å²) < 4.78 is 6.18. The van der Waals surface area contributed by atoms with Crippen molar-refractivity contribution in [2.75, 3.05) is 53.4 Å². The molecule has 314 valence electrons. The number of carbonyl (C=O) groups is 2. The van der Waals surface area contributed by atoms with Crippen molar-refractivity contribution in [3.63, 3.8) is 0 Å². The molecule has 3 N–H and O–H groups in total. The number of rotatable bonds is 13. The number of hydrogen-bond acceptors (Lipinski definition) is 9. The first-order valence-corrected chi connectivity index (χ1v) is 21.2. The Kier molecular flexibility index (Phi) is 12.3. The van der Waals surface area contributed by atoms with Crippen LogP contribution >= 0.6 is 0 Å². The molecule has 3 saturated carbocycles. The van der Waals surface area contributed by atoms with Crippen LogP contribution in [0.15, 0.2) is 66.7 Å². The van der Waals surface area contributed by atoms with Crippen molar-refractivity contribution in [1.82, 2.24) is 20.2 Å². The van der Waals surface area contributed by atoms with Crippen LogP contribution in [0.4, 0.5) is 5.69 Å². The third-order valence-electron chi connectivity index (χ3n) is 14.2. The summed E-state index contributed by atoms with van der Waals surface area (Å²) in [7, 11) is 9.69. The van der Waals surface area contributed by atoms with Crippen molar-refractivity contribution < 1.29 is 29.4 Å². The van der Waals surface area contributed by atoms with Crippen LogP contribution in [0.3, 0.4) is 0 Å². The van der Waals surface area contributed by atoms with E-state index in [9.17, 15) is 19.8 Å². The maximum absolute atomic E-state index is 14.8. The highest BCUT2D eigenvalue weighted by molar-refractivity contribution is 5.98. The number of ether oxygens (including phenoxy) is 1. The molecule has 2 heterocycles. The molecule has 2 aliphatic heterocycles. The molecule has 8 rings (SSSR count). The van der Waals surface area contributed by atoms with E-state index in [0.717, 1.165) is 53.7 Å². The van der Waals surface area contributed by atoms with E-state index in [2.05, 4.69) is 68.2 Å². The summed E-state index contributed by atoms with van der Waals surface area (Å²) in [6, 6.07) is 21.5. The van der Waals surface area contributed by atoms with Gasteiger partial charge in [0.2, 0.25) is 5.91 Å². The number of likely N-dealkylation sites (tertiary alicyclic amines) is 1. The minimum absolute atomic E-state index is 0.00930. The highest BCUT2D eigenvalue weighted by Gasteiger charge is 2.57. The molecule has 3 aromatic carbocycles. The number of hydroxylamine groups is 2. The predicted octanol–water partition coefficient (Wildman–Crippen LogP) is 6.00. The fourth-order valence-electron chi connectivity index (χ4n) is 10.9. The largest absolute Gasteiger partial charge is 0.496 e. The van der Waals surface area contributed by atoms with Gasteiger partial charge in [-0.05, 0) is 99.2 Å². The first-order chi connectivity index (χ1) is 27.6. The number of methoxy groups -OCH3 is 1. The summed E-state index contributed by atoms with van der Waals surface area (Å²) in [6.45, 7) is 9.20. The van der Waals surface area contributed by atoms with Crippen LogP contribution < -0.4 is 15.0 Å². The van der Waals surface area contributed by atoms with Gasteiger partial charge in [-0.25, -0.2) is 0 Å². The normalized spacial score (nSPS) is 29.6. The van der Waals surface area contributed by atoms with Gasteiger partial charge in [0, 0.05) is 61.0 Å². The third-order valence-corrected chi connectivity index (χ3v) is 14.2. The lowest BCUT2D eigenvalue weighted by molar-refractivity contribution is -0.183. The number of hydrogen-bond donors (Lipinski definition) is 3. The number of amides is 2. The van der Waals surface area contributed by atoms with Crippen molar-refractivity contribution in [3.8, 4) is 16.9 Å². The number of carbonyl (C=O) groups excluding carboxylic acids is 2. The molecule has 2 amide bonds. The maximum Gasteiger partial charge on any atom is 0.254 e. The molecule has 5 fully saturated rings. The lowest BCUT2D eigenvalue weighted by Gasteiger charge is -2.62. The number of aliphatic hydroxyl groups is 2. The molecule has 0 spiro atoms. The van der Waals surface area contributed by atoms with E-state index in [1.807, 2.05) is 67.5 Å². The lowest BCUT2D eigenvalue weighted by Crippen LogP contribution is -2.62. The molecule has 11 nitrogen and oxygen atoms in total. The number of nitrogens with one attached hydrogen (secondary N) is 1. The van der Waals surface area contributed by atoms with Gasteiger partial charge < -0.3 is 35.0 Å². The zero-order valence-electron chi connectivity index (χ0n) is 35.9. The standard InChI is InChI=1S/C47H65N5O6/c1-28-38-23-34(47(38,3)4)24-39(28)48-45(55)43-42(29(2)54)41(27-53)58-51(43)25-31-16-13-17-37(44(31)57-9)32-20-33(22-36(21-32)50(7)8)46(56)52-35(26-49(5)6)18-19-40(52)30-14-11-10-12-15-30/h10-17,20-22,28-29,34-35,38-43,53-54H,18-19,23-27H2,1-9H3,(H,48,55)/t28-,29-,34-,35-,38+,39-,40?,41-,42+,43-/m0/s1. The molecule has 2 saturated heterocycles. The monoisotopic (exact) mass is 795 g/mol. The molecule has 58 heavy (non-hydrogen) atoms. The van der Waals surface area contributed by atoms with E-state index in [-0.39, 0.29) is 48.5 Å². The molecular formula is C47H65N5O6. The van der Waals surface area contributed by atoms with Crippen molar-refractivity contribution in [2.24, 2.45) is 29.1 Å². The molecule has 5 aliphatic rings. The Morgan fingerprint density at radius 3 is 2.38 bits per heavy atom. The van der Waals surface area contributed by atoms with Gasteiger partial charge in [0.05, 0.1) is 32.4 Å². The van der Waals surface area contributed by atoms with E-state index in [1.165, 1.54) is 6.42 Å². The Labute approximate surface area is 345 Å². The molecular weight excluding hydrogens is 731 g/mol. The van der Waals surface area contributed by atoms with E-state index in [1.54, 1.807) is 19.1 Å². The zero-order chi connectivity index (χ0) is 41.6. The topological polar surface area (TPSA) is 118 Å². The van der Waals surface area contributed by atoms with Crippen LogP contribution in [-0.2, 0) is 16.2 Å². The molecule has 0 aromatic heterocycles. The van der Waals surface area contributed by atoms with Crippen LogP contribution in [-0.4, -0.2) is 116 Å². The van der Waals surface area contributed by atoms with Gasteiger partial charge in [-0.1, -0.05) is 69.3 Å². The minimum atomic E-state index is -0.901. The van der Waals surface area contributed by atoms with Gasteiger partial charge in [0.1, 0.15) is 17.9 Å². The number of aliphatic hydroxyl groups excluding tert-OH is 2. The van der Waals surface area contributed by atoms with Crippen molar-refractivity contribution in [3.05, 3.63) is 83.4 Å². The number of nitrogens with zero attached hydrogens (tertiary/aromatic N) is 4. The molecule has 3 aromatic rings. The van der Waals surface area contributed by atoms with E-state index in [0.29, 0.717) is 29.1 Å². The number of para-hydroxylation sites is 1. The molecule has 1 unspecified atom stereocenters. The second kappa shape index (κ2) is 16.9. The summed E-state index contributed by atoms with van der Waals surface area (Å²) in [5.41, 5.74) is 5.30. The Bertz CT molecular complexity index is 1940. The van der Waals surface area contributed by atoms with Crippen LogP contribution in [0.25, 0.3) is 11.1 Å². The summed E-state index contributed by atoms with van der Waals surface area (Å²) >= 11 is 0. The highest BCUT2D eigenvalue weighted by atomic mass is 16.7. The van der Waals surface area contributed by atoms with E-state index >= 15 is 0 Å². The fourth-order valence-corrected chi connectivity index (χ4v) is 10.9. The van der Waals surface area contributed by atoms with Crippen LogP contribution in [0.1, 0.15) is 80.9 Å². The number of fused-ring (bicyclic) bond motifs is 2. The Morgan fingerprint density at radius 2 is 1.76 bits per heavy atom. The first-order valence-electron chi connectivity index (χ1n) is 21.2. The van der Waals surface area contributed by atoms with Gasteiger partial charge in [-0.15, -0.1) is 0 Å². The first kappa shape index (κ1) is 42.1. The maximum atomic E-state index is 14.8. The Balaban J connectivity index is 1.21. The van der Waals surface area contributed by atoms with Crippen LogP contribution in [0.2, 0.25) is 0 Å². The highest BCUT2D eigenvalue weighted by Crippen LogP contribution is 2.61. The second-order valence-electron chi connectivity index (χ2n) is 18.5. The second-order valence-corrected chi connectivity index (χ2v) is 18.5. The fraction of sp³-hybridized carbons (Fsp3) is 0.574. The number of benzene rings is 3. The average Bonchev–Trinajstić information content (AvgIpc) is 3.79. The summed E-state index contributed by atoms with van der Waals surface area (Å²) in [5, 5.41) is 26.5. The smallest absolute Gasteiger partial charge is 0.254 e. The Hall–Kier alpha value is -4.00. The predicted molar refractivity (Wildman–Crippen MR) is 227 cm³/mol. The zero-order valence-corrected chi connectivity index (χ0v) is 35.9. The summed E-state index contributed by atoms with van der Waals surface area (Å²) in [4.78, 5) is 41.8. The molecule has 2 bridgehead atoms. The van der Waals surface area contributed by atoms with Crippen molar-refractivity contribution in [2.45, 2.75) is 96.3 Å². The minimum Gasteiger partial charge on any atom is -0.496 e. The average molecular weight is 796 g/mol. The van der Waals surface area contributed by atoms with Crippen molar-refractivity contribution in [1.29, 1.82) is 0 Å². The van der Waals surface area contributed by atoms with Crippen LogP contribution in [0, 0.1) is 29.1 Å². The summed E-state index contributed by atoms with van der Waals surface area (Å²) in [5.74, 6) is 1.20. The van der Waals surface area contributed by atoms with E-state index in [4.69, 9.17) is 9.57 Å². The van der Waals surface area contributed by atoms with Crippen molar-refractivity contribution >= 4 is 17.5 Å². The third kappa shape index (κ3) is 7.88. The van der Waals surface area contributed by atoms with Gasteiger partial charge >= 0.3 is 0 Å². The number of anilines is 1. The van der Waals surface area contributed by atoms with Gasteiger partial charge in [-0.2, -0.15) is 5.06 Å². The van der Waals surface area contributed by atoms with Gasteiger partial charge in [0.25, 0.3) is 5.91 Å². The number of likely N-dealkylation sites (N-methyl/N-ethyl adjacent to an activating group) is 1. The SMILES string of the molecule is COc1c(CN2O[C@@H](CO)[C@@H]([C@H](C)O)[C@H]2C(=O)N[C@H]2C[C@@H]3C[C@H]([C@@H]2C)C3(C)C)cccc1-c1cc(C(=O)N2C(c3ccccc3)CC[C@H]2CN(C)C)cc(N(C)C)c1. The molecule has 3 aliphatic carbocycles. The Morgan fingerprint density at radius 1 is 1.02 bits per heavy atom. The molecule has 11 heteroatoms. The van der Waals surface area contributed by atoms with Gasteiger partial charge in [0.15, 0.2) is 0 Å². The van der Waals surface area contributed by atoms with Crippen LogP contribution in [0.5, 0.6) is 5.75 Å². The van der Waals surface area contributed by atoms with E-state index < -0.39 is 24.2 Å². The lowest BCUT2D eigenvalue weighted by atomic mass is 9.45. The molecule has 10 atom stereocenters. The summed E-state index contributed by atoms with van der Waals surface area (Å²) in [6.07, 6.45) is 2.29. The molecule has 0 radical (unpaired) electrons. The quantitative estimate of drug-likeness (QED) is 0.192. The van der Waals surface area contributed by atoms with Gasteiger partial charge in [-0.3, -0.25) is 14.4 Å².